The first-order valence-electron chi connectivity index (χ1n) is 5.53. The van der Waals surface area contributed by atoms with Gasteiger partial charge in [0.05, 0.1) is 0 Å². The van der Waals surface area contributed by atoms with Crippen LogP contribution in [0.15, 0.2) is 21.9 Å². The van der Waals surface area contributed by atoms with Crippen molar-refractivity contribution in [3.05, 3.63) is 33.1 Å². The van der Waals surface area contributed by atoms with Crippen LogP contribution in [0.5, 0.6) is 0 Å². The molecule has 1 saturated heterocycles. The highest BCUT2D eigenvalue weighted by Gasteiger charge is 2.36. The summed E-state index contributed by atoms with van der Waals surface area (Å²) >= 11 is 0. The minimum Gasteiger partial charge on any atom is -0.377 e. The minimum absolute atomic E-state index is 0.500. The number of carbonyl (C=O) groups is 1. The van der Waals surface area contributed by atoms with Gasteiger partial charge in [-0.05, 0) is 0 Å². The second-order valence-corrected chi connectivity index (χ2v) is 3.54. The molecule has 0 radical (unpaired) electrons. The maximum atomic E-state index is 11.6. The van der Waals surface area contributed by atoms with Crippen molar-refractivity contribution in [3.63, 3.8) is 0 Å². The van der Waals surface area contributed by atoms with E-state index in [1.807, 2.05) is 0 Å². The highest BCUT2D eigenvalue weighted by atomic mass is 16.6. The molecule has 0 amide bonds. The van der Waals surface area contributed by atoms with Gasteiger partial charge in [0.25, 0.3) is 5.56 Å². The molecule has 92 valence electrons. The molecule has 0 spiro atoms. The first-order valence-corrected chi connectivity index (χ1v) is 4.95. The molecule has 0 bridgehead atoms. The van der Waals surface area contributed by atoms with E-state index in [0.717, 1.165) is 10.6 Å². The van der Waals surface area contributed by atoms with E-state index in [2.05, 4.69) is 4.98 Å². The zero-order chi connectivity index (χ0) is 13.3. The fourth-order valence-electron chi connectivity index (χ4n) is 1.69. The third kappa shape index (κ3) is 2.20. The van der Waals surface area contributed by atoms with Gasteiger partial charge in [-0.15, -0.1) is 0 Å². The molecule has 1 aliphatic heterocycles. The molecule has 2 heterocycles. The number of aromatic nitrogens is 2. The molecule has 7 nitrogen and oxygen atoms in total. The SMILES string of the molecule is [3H]C1[C@@H](C=O)O[C@@H](n2ccc(=O)[nH]c2=O)[C@H]1OC. The van der Waals surface area contributed by atoms with Crippen molar-refractivity contribution in [1.82, 2.24) is 9.55 Å². The Balaban J connectivity index is 2.40. The Morgan fingerprint density at radius 1 is 1.71 bits per heavy atom. The lowest BCUT2D eigenvalue weighted by atomic mass is 10.2. The van der Waals surface area contributed by atoms with Crippen molar-refractivity contribution >= 4 is 6.29 Å². The van der Waals surface area contributed by atoms with Crippen molar-refractivity contribution in [2.75, 3.05) is 7.11 Å². The Bertz CT molecular complexity index is 554. The maximum absolute atomic E-state index is 11.6. The minimum atomic E-state index is -0.959. The van der Waals surface area contributed by atoms with Crippen LogP contribution in [0.2, 0.25) is 0 Å². The van der Waals surface area contributed by atoms with Gasteiger partial charge in [-0.2, -0.15) is 0 Å². The molecule has 0 aliphatic carbocycles. The Kier molecular flexibility index (Phi) is 2.85. The summed E-state index contributed by atoms with van der Waals surface area (Å²) in [7, 11) is 1.37. The van der Waals surface area contributed by atoms with Gasteiger partial charge in [-0.1, -0.05) is 0 Å². The van der Waals surface area contributed by atoms with Gasteiger partial charge in [0.15, 0.2) is 6.23 Å². The standard InChI is InChI=1S/C10H12N2O5/c1-16-7-4-6(5-13)17-9(7)12-3-2-8(14)11-10(12)15/h2-3,5-7,9H,4H2,1H3,(H,11,14,15)/t6-,7-,9+/m0/s1/i4T/t4?,6-,7-,9+. The van der Waals surface area contributed by atoms with Crippen molar-refractivity contribution in [2.45, 2.75) is 24.8 Å². The molecule has 1 unspecified atom stereocenters. The van der Waals surface area contributed by atoms with Crippen molar-refractivity contribution in [2.24, 2.45) is 0 Å². The third-order valence-electron chi connectivity index (χ3n) is 2.49. The predicted molar refractivity (Wildman–Crippen MR) is 56.7 cm³/mol. The van der Waals surface area contributed by atoms with Crippen molar-refractivity contribution < 1.29 is 15.6 Å². The first kappa shape index (κ1) is 10.4. The number of carbonyl (C=O) groups excluding carboxylic acids is 1. The number of aromatic amines is 1. The number of nitrogens with zero attached hydrogens (tertiary/aromatic N) is 1. The molecule has 4 atom stereocenters. The lowest BCUT2D eigenvalue weighted by molar-refractivity contribution is -0.120. The number of hydrogen-bond acceptors (Lipinski definition) is 5. The van der Waals surface area contributed by atoms with E-state index < -0.39 is 36.1 Å². The number of ether oxygens (including phenoxy) is 2. The number of rotatable bonds is 3. The zero-order valence-corrected chi connectivity index (χ0v) is 9.03. The van der Waals surface area contributed by atoms with Gasteiger partial charge in [0.1, 0.15) is 18.5 Å². The number of aldehydes is 1. The highest BCUT2D eigenvalue weighted by molar-refractivity contribution is 5.56. The van der Waals surface area contributed by atoms with Crippen molar-refractivity contribution in [3.8, 4) is 0 Å². The largest absolute Gasteiger partial charge is 0.377 e. The second-order valence-electron chi connectivity index (χ2n) is 3.54. The molecule has 1 aliphatic rings. The van der Waals surface area contributed by atoms with Crippen LogP contribution in [0.1, 0.15) is 14.0 Å². The molecule has 1 aromatic heterocycles. The fourth-order valence-corrected chi connectivity index (χ4v) is 1.69. The van der Waals surface area contributed by atoms with Crippen molar-refractivity contribution in [1.29, 1.82) is 0 Å². The average Bonchev–Trinajstić information content (AvgIpc) is 2.65. The summed E-state index contributed by atoms with van der Waals surface area (Å²) in [6.45, 7) is 0. The molecular formula is C10H12N2O5. The Morgan fingerprint density at radius 3 is 3.06 bits per heavy atom. The maximum Gasteiger partial charge on any atom is 0.330 e. The predicted octanol–water partition coefficient (Wildman–Crippen LogP) is -0.962. The van der Waals surface area contributed by atoms with E-state index >= 15 is 0 Å². The van der Waals surface area contributed by atoms with E-state index in [1.165, 1.54) is 13.3 Å². The van der Waals surface area contributed by atoms with Crippen LogP contribution < -0.4 is 11.2 Å². The molecule has 17 heavy (non-hydrogen) atoms. The normalized spacial score (nSPS) is 33.4. The smallest absolute Gasteiger partial charge is 0.330 e. The van der Waals surface area contributed by atoms with Crippen LogP contribution in [0.4, 0.5) is 0 Å². The van der Waals surface area contributed by atoms with E-state index in [-0.39, 0.29) is 0 Å². The Labute approximate surface area is 97.4 Å². The zero-order valence-electron chi connectivity index (χ0n) is 10.0. The summed E-state index contributed by atoms with van der Waals surface area (Å²) in [5.41, 5.74) is -1.20. The van der Waals surface area contributed by atoms with E-state index in [4.69, 9.17) is 10.8 Å². The van der Waals surface area contributed by atoms with Crippen LogP contribution in [0, 0.1) is 0 Å². The third-order valence-corrected chi connectivity index (χ3v) is 2.49. The summed E-state index contributed by atoms with van der Waals surface area (Å²) in [6, 6.07) is 1.16. The Morgan fingerprint density at radius 2 is 2.47 bits per heavy atom. The molecule has 0 aromatic carbocycles. The molecule has 1 aromatic rings. The van der Waals surface area contributed by atoms with Gasteiger partial charge < -0.3 is 14.3 Å². The fraction of sp³-hybridized carbons (Fsp3) is 0.500. The summed E-state index contributed by atoms with van der Waals surface area (Å²) in [5.74, 6) is 0. The number of H-pyrrole nitrogens is 1. The van der Waals surface area contributed by atoms with Gasteiger partial charge in [0.2, 0.25) is 0 Å². The number of hydrogen-bond donors (Lipinski definition) is 1. The average molecular weight is 242 g/mol. The number of methoxy groups -OCH3 is 1. The molecule has 1 fully saturated rings. The quantitative estimate of drug-likeness (QED) is 0.689. The van der Waals surface area contributed by atoms with Crippen LogP contribution in [-0.2, 0) is 14.3 Å². The van der Waals surface area contributed by atoms with Crippen LogP contribution in [0.25, 0.3) is 0 Å². The molecule has 0 saturated carbocycles. The molecular weight excluding hydrogens is 228 g/mol. The summed E-state index contributed by atoms with van der Waals surface area (Å²) in [4.78, 5) is 35.4. The lowest BCUT2D eigenvalue weighted by Gasteiger charge is -2.18. The lowest BCUT2D eigenvalue weighted by Crippen LogP contribution is -2.35. The topological polar surface area (TPSA) is 90.4 Å². The first-order chi connectivity index (χ1) is 8.58. The second kappa shape index (κ2) is 4.64. The monoisotopic (exact) mass is 242 g/mol. The van der Waals surface area contributed by atoms with Gasteiger partial charge >= 0.3 is 5.69 Å². The Hall–Kier alpha value is -1.73. The van der Waals surface area contributed by atoms with Crippen LogP contribution in [-0.4, -0.2) is 35.2 Å². The van der Waals surface area contributed by atoms with E-state index in [9.17, 15) is 14.4 Å². The van der Waals surface area contributed by atoms with E-state index in [1.54, 1.807) is 0 Å². The molecule has 1 N–H and O–H groups in total. The summed E-state index contributed by atoms with van der Waals surface area (Å²) in [5, 5.41) is 0. The van der Waals surface area contributed by atoms with E-state index in [0.29, 0.717) is 6.29 Å². The molecule has 7 heteroatoms. The van der Waals surface area contributed by atoms with Gasteiger partial charge in [-0.3, -0.25) is 14.3 Å². The summed E-state index contributed by atoms with van der Waals surface area (Å²) < 4.78 is 19.2. The van der Waals surface area contributed by atoms with Gasteiger partial charge in [-0.25, -0.2) is 4.79 Å². The summed E-state index contributed by atoms with van der Waals surface area (Å²) in [6.07, 6.45) is -1.80. The number of nitrogens with one attached hydrogen (secondary N) is 1. The molecule has 2 rings (SSSR count). The van der Waals surface area contributed by atoms with Crippen LogP contribution >= 0.6 is 0 Å². The van der Waals surface area contributed by atoms with Crippen LogP contribution in [0.3, 0.4) is 0 Å². The highest BCUT2D eigenvalue weighted by Crippen LogP contribution is 2.28. The van der Waals surface area contributed by atoms with Gasteiger partial charge in [0, 0.05) is 27.1 Å².